The fourth-order valence-electron chi connectivity index (χ4n) is 2.02. The van der Waals surface area contributed by atoms with Crippen molar-refractivity contribution in [3.8, 4) is 5.75 Å². The van der Waals surface area contributed by atoms with Crippen molar-refractivity contribution in [2.24, 2.45) is 0 Å². The van der Waals surface area contributed by atoms with Crippen molar-refractivity contribution in [3.05, 3.63) is 28.2 Å². The first-order valence-electron chi connectivity index (χ1n) is 8.80. The minimum absolute atomic E-state index is 0.0400. The fourth-order valence-corrected chi connectivity index (χ4v) is 2.65. The molecule has 0 saturated carbocycles. The summed E-state index contributed by atoms with van der Waals surface area (Å²) in [6.45, 7) is 4.80. The summed E-state index contributed by atoms with van der Waals surface area (Å²) in [6, 6.07) is 5.07. The van der Waals surface area contributed by atoms with Crippen molar-refractivity contribution in [3.63, 3.8) is 0 Å². The quantitative estimate of drug-likeness (QED) is 0.306. The molecule has 0 fully saturated rings. The zero-order valence-electron chi connectivity index (χ0n) is 15.2. The van der Waals surface area contributed by atoms with E-state index in [0.717, 1.165) is 32.1 Å². The van der Waals surface area contributed by atoms with Gasteiger partial charge in [0.2, 0.25) is 5.91 Å². The molecule has 0 aliphatic heterocycles. The van der Waals surface area contributed by atoms with Gasteiger partial charge in [0.1, 0.15) is 5.75 Å². The average Bonchev–Trinajstić information content (AvgIpc) is 2.61. The van der Waals surface area contributed by atoms with Crippen LogP contribution in [0.4, 0.5) is 0 Å². The molecule has 6 nitrogen and oxygen atoms in total. The van der Waals surface area contributed by atoms with Crippen molar-refractivity contribution in [2.45, 2.75) is 52.4 Å². The number of benzene rings is 1. The van der Waals surface area contributed by atoms with Crippen LogP contribution in [-0.4, -0.2) is 23.5 Å². The molecule has 0 radical (unpaired) electrons. The van der Waals surface area contributed by atoms with Crippen molar-refractivity contribution < 1.29 is 14.3 Å². The molecule has 0 atom stereocenters. The molecule has 0 aromatic heterocycles. The molecule has 2 amide bonds. The number of hydrazine groups is 1. The molecule has 8 heteroatoms. The molecule has 1 aromatic rings. The maximum Gasteiger partial charge on any atom is 0.257 e. The van der Waals surface area contributed by atoms with Gasteiger partial charge in [-0.2, -0.15) is 0 Å². The van der Waals surface area contributed by atoms with E-state index < -0.39 is 0 Å². The van der Waals surface area contributed by atoms with Crippen LogP contribution in [0.1, 0.15) is 62.7 Å². The van der Waals surface area contributed by atoms with Gasteiger partial charge in [-0.25, -0.2) is 0 Å². The molecular formula is C18H26BrN3O3S. The lowest BCUT2D eigenvalue weighted by atomic mass is 10.2. The van der Waals surface area contributed by atoms with Crippen molar-refractivity contribution in [1.82, 2.24) is 16.2 Å². The average molecular weight is 444 g/mol. The van der Waals surface area contributed by atoms with Crippen LogP contribution in [0.5, 0.6) is 5.75 Å². The van der Waals surface area contributed by atoms with Gasteiger partial charge < -0.3 is 4.74 Å². The van der Waals surface area contributed by atoms with E-state index in [4.69, 9.17) is 17.0 Å². The van der Waals surface area contributed by atoms with Crippen LogP contribution >= 0.6 is 28.1 Å². The monoisotopic (exact) mass is 443 g/mol. The molecule has 0 spiro atoms. The van der Waals surface area contributed by atoms with Crippen LogP contribution in [0.3, 0.4) is 0 Å². The van der Waals surface area contributed by atoms with Crippen LogP contribution < -0.4 is 20.9 Å². The molecule has 26 heavy (non-hydrogen) atoms. The van der Waals surface area contributed by atoms with E-state index >= 15 is 0 Å². The summed E-state index contributed by atoms with van der Waals surface area (Å²) in [5.74, 6) is 0.157. The summed E-state index contributed by atoms with van der Waals surface area (Å²) in [6.07, 6.45) is 5.32. The van der Waals surface area contributed by atoms with Crippen LogP contribution in [0.15, 0.2) is 22.7 Å². The van der Waals surface area contributed by atoms with Crippen molar-refractivity contribution >= 4 is 45.1 Å². The van der Waals surface area contributed by atoms with Gasteiger partial charge in [-0.3, -0.25) is 25.8 Å². The third-order valence-electron chi connectivity index (χ3n) is 3.50. The summed E-state index contributed by atoms with van der Waals surface area (Å²) >= 11 is 8.42. The highest BCUT2D eigenvalue weighted by molar-refractivity contribution is 9.10. The highest BCUT2D eigenvalue weighted by Gasteiger charge is 2.11. The molecule has 1 rings (SSSR count). The molecule has 0 heterocycles. The molecule has 0 aliphatic carbocycles. The maximum atomic E-state index is 12.2. The third-order valence-corrected chi connectivity index (χ3v) is 4.32. The van der Waals surface area contributed by atoms with Gasteiger partial charge in [0.05, 0.1) is 11.1 Å². The van der Waals surface area contributed by atoms with Crippen LogP contribution in [0, 0.1) is 0 Å². The number of ether oxygens (including phenoxy) is 1. The van der Waals surface area contributed by atoms with E-state index in [-0.39, 0.29) is 16.9 Å². The van der Waals surface area contributed by atoms with Gasteiger partial charge in [0.25, 0.3) is 5.91 Å². The fraction of sp³-hybridized carbons (Fsp3) is 0.500. The van der Waals surface area contributed by atoms with E-state index in [9.17, 15) is 9.59 Å². The zero-order chi connectivity index (χ0) is 19.4. The molecule has 3 N–H and O–H groups in total. The Labute approximate surface area is 168 Å². The summed E-state index contributed by atoms with van der Waals surface area (Å²) in [5, 5.41) is 2.56. The predicted molar refractivity (Wildman–Crippen MR) is 110 cm³/mol. The highest BCUT2D eigenvalue weighted by atomic mass is 79.9. The Morgan fingerprint density at radius 2 is 1.85 bits per heavy atom. The molecule has 1 aromatic carbocycles. The summed E-state index contributed by atoms with van der Waals surface area (Å²) in [7, 11) is 0. The van der Waals surface area contributed by atoms with E-state index in [1.807, 2.05) is 0 Å². The smallest absolute Gasteiger partial charge is 0.257 e. The Morgan fingerprint density at radius 3 is 2.50 bits per heavy atom. The van der Waals surface area contributed by atoms with Gasteiger partial charge in [-0.05, 0) is 59.2 Å². The number of rotatable bonds is 9. The Morgan fingerprint density at radius 1 is 1.12 bits per heavy atom. The van der Waals surface area contributed by atoms with Gasteiger partial charge in [-0.1, -0.05) is 33.1 Å². The van der Waals surface area contributed by atoms with Crippen molar-refractivity contribution in [2.75, 3.05) is 6.61 Å². The minimum atomic E-state index is -0.372. The number of halogens is 1. The Hall–Kier alpha value is -1.67. The van der Waals surface area contributed by atoms with Crippen LogP contribution in [-0.2, 0) is 4.79 Å². The second-order valence-corrected chi connectivity index (χ2v) is 7.02. The minimum Gasteiger partial charge on any atom is -0.492 e. The highest BCUT2D eigenvalue weighted by Crippen LogP contribution is 2.26. The number of amides is 2. The van der Waals surface area contributed by atoms with E-state index in [1.54, 1.807) is 18.2 Å². The largest absolute Gasteiger partial charge is 0.492 e. The Bertz CT molecular complexity index is 626. The molecule has 0 aliphatic rings. The number of hydrogen-bond acceptors (Lipinski definition) is 4. The number of nitrogens with one attached hydrogen (secondary N) is 3. The molecule has 0 unspecified atom stereocenters. The first-order chi connectivity index (χ1) is 12.5. The third kappa shape index (κ3) is 8.62. The lowest BCUT2D eigenvalue weighted by Crippen LogP contribution is -2.48. The molecular weight excluding hydrogens is 418 g/mol. The second kappa shape index (κ2) is 12.6. The summed E-state index contributed by atoms with van der Waals surface area (Å²) in [5.41, 5.74) is 5.44. The van der Waals surface area contributed by atoms with E-state index in [0.29, 0.717) is 28.8 Å². The number of carbonyl (C=O) groups excluding carboxylic acids is 2. The second-order valence-electron chi connectivity index (χ2n) is 5.76. The topological polar surface area (TPSA) is 79.5 Å². The Balaban J connectivity index is 2.45. The Kier molecular flexibility index (Phi) is 10.9. The summed E-state index contributed by atoms with van der Waals surface area (Å²) in [4.78, 5) is 23.8. The molecule has 0 saturated heterocycles. The SMILES string of the molecule is CCCCCC(=O)NNC(=S)NC(=O)c1ccc(OCCCC)c(Br)c1. The van der Waals surface area contributed by atoms with E-state index in [1.165, 1.54) is 0 Å². The van der Waals surface area contributed by atoms with Crippen LogP contribution in [0.2, 0.25) is 0 Å². The lowest BCUT2D eigenvalue weighted by molar-refractivity contribution is -0.121. The van der Waals surface area contributed by atoms with E-state index in [2.05, 4.69) is 45.9 Å². The van der Waals surface area contributed by atoms with Gasteiger partial charge >= 0.3 is 0 Å². The number of hydrogen-bond donors (Lipinski definition) is 3. The normalized spacial score (nSPS) is 10.1. The molecule has 0 bridgehead atoms. The van der Waals surface area contributed by atoms with Gasteiger partial charge in [-0.15, -0.1) is 0 Å². The van der Waals surface area contributed by atoms with Gasteiger partial charge in [0.15, 0.2) is 5.11 Å². The first kappa shape index (κ1) is 22.4. The maximum absolute atomic E-state index is 12.2. The number of unbranched alkanes of at least 4 members (excludes halogenated alkanes) is 3. The standard InChI is InChI=1S/C18H26BrN3O3S/c1-3-5-7-8-16(23)21-22-18(26)20-17(24)13-9-10-15(14(19)12-13)25-11-6-4-2/h9-10,12H,3-8,11H2,1-2H3,(H,21,23)(H2,20,22,24,26). The number of thiocarbonyl (C=S) groups is 1. The van der Waals surface area contributed by atoms with Crippen molar-refractivity contribution in [1.29, 1.82) is 0 Å². The van der Waals surface area contributed by atoms with Crippen LogP contribution in [0.25, 0.3) is 0 Å². The summed E-state index contributed by atoms with van der Waals surface area (Å²) < 4.78 is 6.33. The lowest BCUT2D eigenvalue weighted by Gasteiger charge is -2.12. The molecule has 144 valence electrons. The number of carbonyl (C=O) groups is 2. The first-order valence-corrected chi connectivity index (χ1v) is 10.0. The van der Waals surface area contributed by atoms with Gasteiger partial charge in [0, 0.05) is 12.0 Å². The predicted octanol–water partition coefficient (Wildman–Crippen LogP) is 3.84. The zero-order valence-corrected chi connectivity index (χ0v) is 17.6.